The highest BCUT2D eigenvalue weighted by Gasteiger charge is 2.30. The molecular weight excluding hydrogens is 278 g/mol. The molecule has 0 saturated heterocycles. The lowest BCUT2D eigenvalue weighted by Crippen LogP contribution is -2.51. The van der Waals surface area contributed by atoms with Gasteiger partial charge in [0.25, 0.3) is 0 Å². The van der Waals surface area contributed by atoms with Gasteiger partial charge < -0.3 is 14.9 Å². The molecule has 0 unspecified atom stereocenters. The fourth-order valence-corrected chi connectivity index (χ4v) is 1.79. The molecule has 0 amide bonds. The highest BCUT2D eigenvalue weighted by atomic mass is 16.6. The highest BCUT2D eigenvalue weighted by Crippen LogP contribution is 2.16. The smallest absolute Gasteiger partial charge is 0.320 e. The summed E-state index contributed by atoms with van der Waals surface area (Å²) in [4.78, 5) is 33.5. The lowest BCUT2D eigenvalue weighted by atomic mass is 9.97. The summed E-state index contributed by atoms with van der Waals surface area (Å²) >= 11 is 0. The molecule has 0 rings (SSSR count). The van der Waals surface area contributed by atoms with Gasteiger partial charge in [-0.05, 0) is 41.0 Å². The Labute approximate surface area is 124 Å². The summed E-state index contributed by atoms with van der Waals surface area (Å²) in [5, 5.41) is 20.5. The fourth-order valence-electron chi connectivity index (χ4n) is 1.79. The first-order valence-corrected chi connectivity index (χ1v) is 6.76. The second kappa shape index (κ2) is 7.40. The standard InChI is InChI=1S/C14H25NO6/c1-13(2,3)21-11(18)8-14(4,5)15-9(12(19)20)6-7-10(16)17/h9,15H,6-8H2,1-5H3,(H,16,17)(H,19,20)/t9-/m0/s1. The minimum atomic E-state index is -1.14. The van der Waals surface area contributed by atoms with E-state index in [0.29, 0.717) is 0 Å². The maximum absolute atomic E-state index is 11.8. The van der Waals surface area contributed by atoms with Gasteiger partial charge in [0.15, 0.2) is 0 Å². The summed E-state index contributed by atoms with van der Waals surface area (Å²) < 4.78 is 5.19. The zero-order valence-corrected chi connectivity index (χ0v) is 13.2. The van der Waals surface area contributed by atoms with Crippen molar-refractivity contribution in [2.24, 2.45) is 0 Å². The summed E-state index contributed by atoms with van der Waals surface area (Å²) in [7, 11) is 0. The van der Waals surface area contributed by atoms with Crippen molar-refractivity contribution in [1.82, 2.24) is 5.32 Å². The average Bonchev–Trinajstić information content (AvgIpc) is 2.19. The molecule has 0 aliphatic rings. The molecule has 0 aliphatic carbocycles. The lowest BCUT2D eigenvalue weighted by Gasteiger charge is -2.30. The normalized spacial score (nSPS) is 13.6. The first-order chi connectivity index (χ1) is 9.32. The van der Waals surface area contributed by atoms with E-state index in [9.17, 15) is 14.4 Å². The Morgan fingerprint density at radius 1 is 1.10 bits per heavy atom. The maximum Gasteiger partial charge on any atom is 0.320 e. The molecule has 0 radical (unpaired) electrons. The number of hydrogen-bond donors (Lipinski definition) is 3. The van der Waals surface area contributed by atoms with E-state index in [1.54, 1.807) is 34.6 Å². The van der Waals surface area contributed by atoms with Crippen molar-refractivity contribution >= 4 is 17.9 Å². The van der Waals surface area contributed by atoms with E-state index in [2.05, 4.69) is 5.32 Å². The van der Waals surface area contributed by atoms with E-state index >= 15 is 0 Å². The third-order valence-electron chi connectivity index (χ3n) is 2.52. The van der Waals surface area contributed by atoms with Crippen molar-refractivity contribution in [3.8, 4) is 0 Å². The van der Waals surface area contributed by atoms with E-state index in [1.165, 1.54) is 0 Å². The van der Waals surface area contributed by atoms with E-state index in [1.807, 2.05) is 0 Å². The number of carboxylic acids is 2. The van der Waals surface area contributed by atoms with Crippen molar-refractivity contribution in [2.75, 3.05) is 0 Å². The molecule has 0 heterocycles. The monoisotopic (exact) mass is 303 g/mol. The topological polar surface area (TPSA) is 113 Å². The first kappa shape index (κ1) is 19.4. The van der Waals surface area contributed by atoms with Crippen molar-refractivity contribution in [2.45, 2.75) is 71.1 Å². The van der Waals surface area contributed by atoms with Crippen LogP contribution in [0.1, 0.15) is 53.9 Å². The number of hydrogen-bond acceptors (Lipinski definition) is 5. The SMILES string of the molecule is CC(C)(CC(=O)OC(C)(C)C)N[C@@H](CCC(=O)O)C(=O)O. The first-order valence-electron chi connectivity index (χ1n) is 6.76. The molecule has 0 aromatic heterocycles. The Morgan fingerprint density at radius 3 is 2.00 bits per heavy atom. The predicted molar refractivity (Wildman–Crippen MR) is 76.0 cm³/mol. The Kier molecular flexibility index (Phi) is 6.82. The zero-order chi connectivity index (χ0) is 16.8. The van der Waals surface area contributed by atoms with Crippen LogP contribution in [0, 0.1) is 0 Å². The Bertz CT molecular complexity index is 397. The summed E-state index contributed by atoms with van der Waals surface area (Å²) in [6.45, 7) is 8.59. The van der Waals surface area contributed by atoms with Gasteiger partial charge >= 0.3 is 17.9 Å². The number of esters is 1. The Hall–Kier alpha value is -1.63. The highest BCUT2D eigenvalue weighted by molar-refractivity contribution is 5.75. The summed E-state index contributed by atoms with van der Waals surface area (Å²) in [5.74, 6) is -2.65. The summed E-state index contributed by atoms with van der Waals surface area (Å²) in [5.41, 5.74) is -1.42. The molecule has 1 atom stereocenters. The van der Waals surface area contributed by atoms with Crippen LogP contribution in [-0.4, -0.2) is 45.3 Å². The number of ether oxygens (including phenoxy) is 1. The molecule has 0 fully saturated rings. The Balaban J connectivity index is 4.62. The van der Waals surface area contributed by atoms with Crippen molar-refractivity contribution in [1.29, 1.82) is 0 Å². The molecule has 0 bridgehead atoms. The molecule has 7 heteroatoms. The van der Waals surface area contributed by atoms with Crippen LogP contribution in [0.5, 0.6) is 0 Å². The molecule has 122 valence electrons. The third-order valence-corrected chi connectivity index (χ3v) is 2.52. The Morgan fingerprint density at radius 2 is 1.62 bits per heavy atom. The number of rotatable bonds is 8. The van der Waals surface area contributed by atoms with Gasteiger partial charge in [-0.3, -0.25) is 19.7 Å². The quantitative estimate of drug-likeness (QED) is 0.581. The van der Waals surface area contributed by atoms with E-state index < -0.39 is 35.1 Å². The van der Waals surface area contributed by atoms with Gasteiger partial charge in [0.2, 0.25) is 0 Å². The van der Waals surface area contributed by atoms with Crippen molar-refractivity contribution in [3.05, 3.63) is 0 Å². The van der Waals surface area contributed by atoms with Gasteiger partial charge in [-0.1, -0.05) is 0 Å². The van der Waals surface area contributed by atoms with Crippen LogP contribution >= 0.6 is 0 Å². The molecule has 0 spiro atoms. The maximum atomic E-state index is 11.8. The van der Waals surface area contributed by atoms with Crippen molar-refractivity contribution in [3.63, 3.8) is 0 Å². The van der Waals surface area contributed by atoms with Crippen LogP contribution < -0.4 is 5.32 Å². The largest absolute Gasteiger partial charge is 0.481 e. The third kappa shape index (κ3) is 9.84. The summed E-state index contributed by atoms with van der Waals surface area (Å²) in [6, 6.07) is -1.03. The lowest BCUT2D eigenvalue weighted by molar-refractivity contribution is -0.157. The van der Waals surface area contributed by atoms with Gasteiger partial charge in [-0.25, -0.2) is 0 Å². The molecule has 3 N–H and O–H groups in total. The van der Waals surface area contributed by atoms with Crippen LogP contribution in [0.4, 0.5) is 0 Å². The predicted octanol–water partition coefficient (Wildman–Crippen LogP) is 1.40. The number of carbonyl (C=O) groups excluding carboxylic acids is 1. The van der Waals surface area contributed by atoms with Crippen LogP contribution in [-0.2, 0) is 19.1 Å². The molecular formula is C14H25NO6. The second-order valence-electron chi connectivity index (χ2n) is 6.61. The summed E-state index contributed by atoms with van der Waals surface area (Å²) in [6.07, 6.45) is -0.323. The molecule has 7 nitrogen and oxygen atoms in total. The van der Waals surface area contributed by atoms with Gasteiger partial charge in [0.1, 0.15) is 11.6 Å². The van der Waals surface area contributed by atoms with Crippen LogP contribution in [0.3, 0.4) is 0 Å². The molecule has 21 heavy (non-hydrogen) atoms. The number of aliphatic carboxylic acids is 2. The van der Waals surface area contributed by atoms with Crippen LogP contribution in [0.2, 0.25) is 0 Å². The van der Waals surface area contributed by atoms with Crippen molar-refractivity contribution < 1.29 is 29.3 Å². The molecule has 0 aromatic carbocycles. The van der Waals surface area contributed by atoms with E-state index in [4.69, 9.17) is 14.9 Å². The van der Waals surface area contributed by atoms with Crippen LogP contribution in [0.15, 0.2) is 0 Å². The van der Waals surface area contributed by atoms with Gasteiger partial charge in [-0.15, -0.1) is 0 Å². The number of carbonyl (C=O) groups is 3. The fraction of sp³-hybridized carbons (Fsp3) is 0.786. The average molecular weight is 303 g/mol. The minimum Gasteiger partial charge on any atom is -0.481 e. The molecule has 0 aromatic rings. The minimum absolute atomic E-state index is 0.0128. The second-order valence-corrected chi connectivity index (χ2v) is 6.61. The molecule has 0 aliphatic heterocycles. The number of nitrogens with one attached hydrogen (secondary N) is 1. The van der Waals surface area contributed by atoms with E-state index in [0.717, 1.165) is 0 Å². The van der Waals surface area contributed by atoms with Crippen LogP contribution in [0.25, 0.3) is 0 Å². The zero-order valence-electron chi connectivity index (χ0n) is 13.2. The molecule has 0 saturated carbocycles. The van der Waals surface area contributed by atoms with Gasteiger partial charge in [-0.2, -0.15) is 0 Å². The number of carboxylic acid groups (broad SMARTS) is 2. The van der Waals surface area contributed by atoms with Gasteiger partial charge in [0, 0.05) is 12.0 Å². The van der Waals surface area contributed by atoms with E-state index in [-0.39, 0.29) is 19.3 Å². The van der Waals surface area contributed by atoms with Gasteiger partial charge in [0.05, 0.1) is 6.42 Å².